The van der Waals surface area contributed by atoms with Crippen molar-refractivity contribution in [1.29, 1.82) is 0 Å². The van der Waals surface area contributed by atoms with Crippen LogP contribution in [-0.2, 0) is 10.0 Å². The highest BCUT2D eigenvalue weighted by atomic mass is 79.9. The lowest BCUT2D eigenvalue weighted by molar-refractivity contribution is 0.342. The van der Waals surface area contributed by atoms with E-state index in [1.807, 2.05) is 6.92 Å². The summed E-state index contributed by atoms with van der Waals surface area (Å²) in [5.74, 6) is 0.447. The van der Waals surface area contributed by atoms with Crippen LogP contribution in [-0.4, -0.2) is 20.0 Å². The van der Waals surface area contributed by atoms with E-state index in [0.717, 1.165) is 0 Å². The van der Waals surface area contributed by atoms with Gasteiger partial charge in [0.1, 0.15) is 15.8 Å². The van der Waals surface area contributed by atoms with E-state index in [-0.39, 0.29) is 10.0 Å². The molecule has 112 valence electrons. The Kier molecular flexibility index (Phi) is 5.08. The fraction of sp³-hybridized carbons (Fsp3) is 0.154. The van der Waals surface area contributed by atoms with Crippen molar-refractivity contribution in [3.63, 3.8) is 0 Å². The number of pyridine rings is 1. The van der Waals surface area contributed by atoms with Crippen LogP contribution in [0.25, 0.3) is 0 Å². The van der Waals surface area contributed by atoms with E-state index in [0.29, 0.717) is 22.5 Å². The molecule has 0 aliphatic carbocycles. The highest BCUT2D eigenvalue weighted by molar-refractivity contribution is 9.10. The Morgan fingerprint density at radius 1 is 1.38 bits per heavy atom. The van der Waals surface area contributed by atoms with Gasteiger partial charge in [-0.2, -0.15) is 0 Å². The van der Waals surface area contributed by atoms with Crippen molar-refractivity contribution in [2.45, 2.75) is 11.8 Å². The van der Waals surface area contributed by atoms with Crippen molar-refractivity contribution in [1.82, 2.24) is 4.98 Å². The van der Waals surface area contributed by atoms with E-state index in [1.54, 1.807) is 24.3 Å². The van der Waals surface area contributed by atoms with Crippen LogP contribution in [0.2, 0.25) is 5.15 Å². The molecule has 1 aromatic heterocycles. The molecule has 0 saturated heterocycles. The number of anilines is 1. The largest absolute Gasteiger partial charge is 0.492 e. The van der Waals surface area contributed by atoms with Crippen molar-refractivity contribution in [3.05, 3.63) is 46.2 Å². The third-order valence-corrected chi connectivity index (χ3v) is 4.72. The molecule has 0 aliphatic heterocycles. The highest BCUT2D eigenvalue weighted by Crippen LogP contribution is 2.29. The van der Waals surface area contributed by atoms with Gasteiger partial charge in [-0.15, -0.1) is 0 Å². The maximum Gasteiger partial charge on any atom is 0.265 e. The molecule has 0 fully saturated rings. The van der Waals surface area contributed by atoms with Gasteiger partial charge in [-0.3, -0.25) is 4.72 Å². The van der Waals surface area contributed by atoms with Crippen molar-refractivity contribution in [2.75, 3.05) is 11.3 Å². The minimum Gasteiger partial charge on any atom is -0.492 e. The maximum absolute atomic E-state index is 12.4. The number of nitrogens with one attached hydrogen (secondary N) is 1. The quantitative estimate of drug-likeness (QED) is 0.789. The number of nitrogens with zero attached hydrogens (tertiary/aromatic N) is 1. The van der Waals surface area contributed by atoms with Crippen LogP contribution in [0.1, 0.15) is 6.92 Å². The van der Waals surface area contributed by atoms with Crippen molar-refractivity contribution < 1.29 is 13.2 Å². The summed E-state index contributed by atoms with van der Waals surface area (Å²) in [6, 6.07) is 8.16. The monoisotopic (exact) mass is 390 g/mol. The zero-order valence-electron chi connectivity index (χ0n) is 11.0. The second-order valence-corrected chi connectivity index (χ2v) is 6.90. The SMILES string of the molecule is CCOc1ccccc1NS(=O)(=O)c1cc(Br)cnc1Cl. The van der Waals surface area contributed by atoms with Crippen molar-refractivity contribution in [3.8, 4) is 5.75 Å². The van der Waals surface area contributed by atoms with Crippen molar-refractivity contribution in [2.24, 2.45) is 0 Å². The van der Waals surface area contributed by atoms with Gasteiger partial charge in [0.25, 0.3) is 10.0 Å². The standard InChI is InChI=1S/C13H12BrClN2O3S/c1-2-20-11-6-4-3-5-10(11)17-21(18,19)12-7-9(14)8-16-13(12)15/h3-8,17H,2H2,1H3. The van der Waals surface area contributed by atoms with Crippen LogP contribution in [0.3, 0.4) is 0 Å². The molecule has 0 saturated carbocycles. The summed E-state index contributed by atoms with van der Waals surface area (Å²) in [6.45, 7) is 2.25. The Morgan fingerprint density at radius 3 is 2.81 bits per heavy atom. The van der Waals surface area contributed by atoms with Crippen LogP contribution >= 0.6 is 27.5 Å². The molecule has 21 heavy (non-hydrogen) atoms. The van der Waals surface area contributed by atoms with Crippen LogP contribution < -0.4 is 9.46 Å². The molecule has 8 heteroatoms. The number of rotatable bonds is 5. The number of benzene rings is 1. The van der Waals surface area contributed by atoms with Crippen LogP contribution in [0.4, 0.5) is 5.69 Å². The van der Waals surface area contributed by atoms with E-state index >= 15 is 0 Å². The van der Waals surface area contributed by atoms with E-state index in [9.17, 15) is 8.42 Å². The molecular formula is C13H12BrClN2O3S. The zero-order valence-corrected chi connectivity index (χ0v) is 14.2. The number of aromatic nitrogens is 1. The maximum atomic E-state index is 12.4. The predicted molar refractivity (Wildman–Crippen MR) is 85.4 cm³/mol. The second kappa shape index (κ2) is 6.64. The summed E-state index contributed by atoms with van der Waals surface area (Å²) in [5.41, 5.74) is 0.343. The van der Waals surface area contributed by atoms with Gasteiger partial charge >= 0.3 is 0 Å². The molecule has 2 rings (SSSR count). The topological polar surface area (TPSA) is 68.3 Å². The predicted octanol–water partition coefficient (Wildman–Crippen LogP) is 3.70. The number of halogens is 2. The van der Waals surface area contributed by atoms with E-state index in [4.69, 9.17) is 16.3 Å². The highest BCUT2D eigenvalue weighted by Gasteiger charge is 2.21. The van der Waals surface area contributed by atoms with Gasteiger partial charge in [-0.05, 0) is 41.1 Å². The smallest absolute Gasteiger partial charge is 0.265 e. The van der Waals surface area contributed by atoms with Crippen LogP contribution in [0.15, 0.2) is 45.9 Å². The first-order chi connectivity index (χ1) is 9.94. The van der Waals surface area contributed by atoms with Crippen molar-refractivity contribution >= 4 is 43.2 Å². The van der Waals surface area contributed by atoms with E-state index in [1.165, 1.54) is 12.3 Å². The van der Waals surface area contributed by atoms with E-state index in [2.05, 4.69) is 25.6 Å². The molecule has 0 radical (unpaired) electrons. The third-order valence-electron chi connectivity index (χ3n) is 2.49. The van der Waals surface area contributed by atoms with Gasteiger partial charge in [-0.1, -0.05) is 23.7 Å². The first kappa shape index (κ1) is 16.1. The first-order valence-electron chi connectivity index (χ1n) is 5.99. The lowest BCUT2D eigenvalue weighted by Crippen LogP contribution is -2.15. The summed E-state index contributed by atoms with van der Waals surface area (Å²) < 4.78 is 33.2. The normalized spacial score (nSPS) is 11.2. The fourth-order valence-electron chi connectivity index (χ4n) is 1.62. The minimum absolute atomic E-state index is 0.0976. The van der Waals surface area contributed by atoms with Gasteiger partial charge in [0, 0.05) is 10.7 Å². The number of sulfonamides is 1. The Bertz CT molecular complexity index is 753. The summed E-state index contributed by atoms with van der Waals surface area (Å²) in [4.78, 5) is 3.71. The lowest BCUT2D eigenvalue weighted by atomic mass is 10.3. The lowest BCUT2D eigenvalue weighted by Gasteiger charge is -2.13. The molecular weight excluding hydrogens is 380 g/mol. The number of ether oxygens (including phenoxy) is 1. The Labute approximate surface area is 136 Å². The molecule has 1 aromatic carbocycles. The van der Waals surface area contributed by atoms with Gasteiger partial charge in [0.15, 0.2) is 0 Å². The number of hydrogen-bond acceptors (Lipinski definition) is 4. The van der Waals surface area contributed by atoms with Gasteiger partial charge in [0.2, 0.25) is 0 Å². The second-order valence-electron chi connectivity index (χ2n) is 3.98. The molecule has 0 bridgehead atoms. The average molecular weight is 392 g/mol. The molecule has 1 heterocycles. The van der Waals surface area contributed by atoms with Crippen LogP contribution in [0, 0.1) is 0 Å². The summed E-state index contributed by atoms with van der Waals surface area (Å²) in [7, 11) is -3.86. The summed E-state index contributed by atoms with van der Waals surface area (Å²) in [5, 5.41) is -0.0976. The molecule has 0 atom stereocenters. The zero-order chi connectivity index (χ0) is 15.5. The first-order valence-corrected chi connectivity index (χ1v) is 8.65. The van der Waals surface area contributed by atoms with Gasteiger partial charge < -0.3 is 4.74 Å². The molecule has 0 amide bonds. The molecule has 0 unspecified atom stereocenters. The van der Waals surface area contributed by atoms with Gasteiger partial charge in [0.05, 0.1) is 12.3 Å². The molecule has 0 spiro atoms. The molecule has 2 aromatic rings. The Hall–Kier alpha value is -1.31. The van der Waals surface area contributed by atoms with E-state index < -0.39 is 10.0 Å². The molecule has 1 N–H and O–H groups in total. The fourth-order valence-corrected chi connectivity index (χ4v) is 3.64. The third kappa shape index (κ3) is 3.87. The molecule has 5 nitrogen and oxygen atoms in total. The Balaban J connectivity index is 2.40. The number of hydrogen-bond donors (Lipinski definition) is 1. The van der Waals surface area contributed by atoms with Crippen LogP contribution in [0.5, 0.6) is 5.75 Å². The average Bonchev–Trinajstić information content (AvgIpc) is 2.43. The van der Waals surface area contributed by atoms with Gasteiger partial charge in [-0.25, -0.2) is 13.4 Å². The summed E-state index contributed by atoms with van der Waals surface area (Å²) in [6.07, 6.45) is 1.43. The Morgan fingerprint density at radius 2 is 2.10 bits per heavy atom. The summed E-state index contributed by atoms with van der Waals surface area (Å²) >= 11 is 9.04. The minimum atomic E-state index is -3.86. The number of para-hydroxylation sites is 2. The molecule has 0 aliphatic rings.